The average molecular weight is 511 g/mol. The molecule has 186 valence electrons. The molecule has 0 aliphatic heterocycles. The first kappa shape index (κ1) is 21.5. The van der Waals surface area contributed by atoms with Gasteiger partial charge in [-0.3, -0.25) is 9.38 Å². The number of aromatic nitrogens is 4. The predicted molar refractivity (Wildman–Crippen MR) is 165 cm³/mol. The van der Waals surface area contributed by atoms with E-state index in [-0.39, 0.29) is 0 Å². The van der Waals surface area contributed by atoms with Crippen LogP contribution < -0.4 is 0 Å². The van der Waals surface area contributed by atoms with E-state index in [9.17, 15) is 0 Å². The zero-order valence-corrected chi connectivity index (χ0v) is 21.5. The lowest BCUT2D eigenvalue weighted by atomic mass is 10.0. The van der Waals surface area contributed by atoms with Crippen molar-refractivity contribution in [3.8, 4) is 16.8 Å². The minimum atomic E-state index is 0.985. The van der Waals surface area contributed by atoms with Crippen LogP contribution in [0.4, 0.5) is 0 Å². The Balaban J connectivity index is 1.51. The van der Waals surface area contributed by atoms with Crippen LogP contribution in [0.3, 0.4) is 0 Å². The molecule has 0 saturated heterocycles. The molecule has 0 radical (unpaired) electrons. The van der Waals surface area contributed by atoms with E-state index in [1.807, 2.05) is 12.4 Å². The molecule has 0 saturated carbocycles. The molecular formula is C36H22N4. The highest BCUT2D eigenvalue weighted by Crippen LogP contribution is 2.41. The molecule has 0 unspecified atom stereocenters. The molecule has 4 heterocycles. The van der Waals surface area contributed by atoms with Crippen LogP contribution in [-0.4, -0.2) is 18.9 Å². The molecule has 5 aromatic carbocycles. The van der Waals surface area contributed by atoms with Gasteiger partial charge in [0.2, 0.25) is 0 Å². The van der Waals surface area contributed by atoms with Crippen LogP contribution in [0.5, 0.6) is 0 Å². The van der Waals surface area contributed by atoms with Crippen molar-refractivity contribution in [3.63, 3.8) is 0 Å². The van der Waals surface area contributed by atoms with Crippen LogP contribution in [0.25, 0.3) is 77.0 Å². The van der Waals surface area contributed by atoms with Gasteiger partial charge in [0.05, 0.1) is 27.6 Å². The van der Waals surface area contributed by atoms with Gasteiger partial charge in [0.25, 0.3) is 0 Å². The van der Waals surface area contributed by atoms with Crippen molar-refractivity contribution in [2.45, 2.75) is 0 Å². The number of hydrogen-bond donors (Lipinski definition) is 0. The molecule has 4 nitrogen and oxygen atoms in total. The fourth-order valence-corrected chi connectivity index (χ4v) is 6.48. The van der Waals surface area contributed by atoms with E-state index in [1.165, 1.54) is 32.6 Å². The Bertz CT molecular complexity index is 2430. The van der Waals surface area contributed by atoms with Gasteiger partial charge in [-0.2, -0.15) is 0 Å². The third-order valence-electron chi connectivity index (χ3n) is 8.17. The second-order valence-electron chi connectivity index (χ2n) is 10.3. The van der Waals surface area contributed by atoms with Gasteiger partial charge in [0.1, 0.15) is 5.65 Å². The van der Waals surface area contributed by atoms with Crippen molar-refractivity contribution in [3.05, 3.63) is 134 Å². The summed E-state index contributed by atoms with van der Waals surface area (Å²) >= 11 is 0. The number of benzene rings is 5. The second kappa shape index (κ2) is 8.01. The molecule has 0 bridgehead atoms. The number of hydrogen-bond acceptors (Lipinski definition) is 2. The van der Waals surface area contributed by atoms with Crippen molar-refractivity contribution in [1.29, 1.82) is 0 Å². The summed E-state index contributed by atoms with van der Waals surface area (Å²) < 4.78 is 4.75. The molecule has 4 heteroatoms. The number of pyridine rings is 2. The summed E-state index contributed by atoms with van der Waals surface area (Å²) in [5.74, 6) is 0. The summed E-state index contributed by atoms with van der Waals surface area (Å²) in [4.78, 5) is 9.37. The third-order valence-corrected chi connectivity index (χ3v) is 8.17. The predicted octanol–water partition coefficient (Wildman–Crippen LogP) is 8.95. The quantitative estimate of drug-likeness (QED) is 0.218. The molecule has 0 fully saturated rings. The van der Waals surface area contributed by atoms with E-state index >= 15 is 0 Å². The van der Waals surface area contributed by atoms with Gasteiger partial charge in [-0.05, 0) is 65.7 Å². The van der Waals surface area contributed by atoms with E-state index in [0.717, 1.165) is 44.4 Å². The summed E-state index contributed by atoms with van der Waals surface area (Å²) in [7, 11) is 0. The van der Waals surface area contributed by atoms with Gasteiger partial charge in [-0.15, -0.1) is 0 Å². The van der Waals surface area contributed by atoms with Crippen molar-refractivity contribution < 1.29 is 0 Å². The van der Waals surface area contributed by atoms with Gasteiger partial charge in [0, 0.05) is 45.0 Å². The third kappa shape index (κ3) is 2.85. The first-order valence-electron chi connectivity index (χ1n) is 13.5. The monoisotopic (exact) mass is 510 g/mol. The summed E-state index contributed by atoms with van der Waals surface area (Å²) in [5.41, 5.74) is 10.1. The molecular weight excluding hydrogens is 488 g/mol. The van der Waals surface area contributed by atoms with Crippen LogP contribution >= 0.6 is 0 Å². The summed E-state index contributed by atoms with van der Waals surface area (Å²) in [5, 5.41) is 6.07. The van der Waals surface area contributed by atoms with Crippen LogP contribution in [0.15, 0.2) is 134 Å². The molecule has 0 aliphatic rings. The molecule has 9 rings (SSSR count). The molecule has 0 spiro atoms. The van der Waals surface area contributed by atoms with Crippen molar-refractivity contribution >= 4 is 60.2 Å². The first-order valence-corrected chi connectivity index (χ1v) is 13.5. The maximum absolute atomic E-state index is 5.16. The fourth-order valence-electron chi connectivity index (χ4n) is 6.48. The van der Waals surface area contributed by atoms with Crippen molar-refractivity contribution in [2.24, 2.45) is 0 Å². The van der Waals surface area contributed by atoms with E-state index in [4.69, 9.17) is 4.98 Å². The van der Waals surface area contributed by atoms with Crippen LogP contribution in [0.1, 0.15) is 0 Å². The lowest BCUT2D eigenvalue weighted by Crippen LogP contribution is -1.97. The van der Waals surface area contributed by atoms with Crippen LogP contribution in [-0.2, 0) is 0 Å². The Morgan fingerprint density at radius 2 is 1.23 bits per heavy atom. The SMILES string of the molecule is c1cc(-c2ccncc2)cc(-n2c3ccccc3c3ccc4c(c5ccccc5n5c6ccccc6nc45)c32)c1. The average Bonchev–Trinajstić information content (AvgIpc) is 3.58. The zero-order chi connectivity index (χ0) is 26.2. The molecule has 4 aromatic heterocycles. The Hall–Kier alpha value is -5.48. The van der Waals surface area contributed by atoms with E-state index < -0.39 is 0 Å². The maximum Gasteiger partial charge on any atom is 0.146 e. The molecule has 0 amide bonds. The maximum atomic E-state index is 5.16. The van der Waals surface area contributed by atoms with E-state index in [2.05, 4.69) is 135 Å². The second-order valence-corrected chi connectivity index (χ2v) is 10.3. The zero-order valence-electron chi connectivity index (χ0n) is 21.5. The molecule has 9 aromatic rings. The Kier molecular flexibility index (Phi) is 4.30. The Morgan fingerprint density at radius 1 is 0.500 bits per heavy atom. The number of para-hydroxylation sites is 4. The van der Waals surface area contributed by atoms with Gasteiger partial charge in [0.15, 0.2) is 0 Å². The van der Waals surface area contributed by atoms with Crippen LogP contribution in [0.2, 0.25) is 0 Å². The largest absolute Gasteiger partial charge is 0.309 e. The smallest absolute Gasteiger partial charge is 0.146 e. The van der Waals surface area contributed by atoms with E-state index in [0.29, 0.717) is 0 Å². The number of fused-ring (bicyclic) bond motifs is 12. The minimum Gasteiger partial charge on any atom is -0.309 e. The van der Waals surface area contributed by atoms with Crippen molar-refractivity contribution in [1.82, 2.24) is 18.9 Å². The highest BCUT2D eigenvalue weighted by Gasteiger charge is 2.20. The number of nitrogens with zero attached hydrogens (tertiary/aromatic N) is 4. The van der Waals surface area contributed by atoms with Crippen molar-refractivity contribution in [2.75, 3.05) is 0 Å². The highest BCUT2D eigenvalue weighted by molar-refractivity contribution is 6.28. The lowest BCUT2D eigenvalue weighted by Gasteiger charge is -2.14. The van der Waals surface area contributed by atoms with Gasteiger partial charge >= 0.3 is 0 Å². The van der Waals surface area contributed by atoms with Gasteiger partial charge in [-0.1, -0.05) is 66.7 Å². The van der Waals surface area contributed by atoms with Crippen LogP contribution in [0, 0.1) is 0 Å². The van der Waals surface area contributed by atoms with Gasteiger partial charge < -0.3 is 4.57 Å². The molecule has 0 atom stereocenters. The molecule has 0 N–H and O–H groups in total. The topological polar surface area (TPSA) is 35.1 Å². The molecule has 0 aliphatic carbocycles. The highest BCUT2D eigenvalue weighted by atomic mass is 15.0. The lowest BCUT2D eigenvalue weighted by molar-refractivity contribution is 1.19. The minimum absolute atomic E-state index is 0.985. The summed E-state index contributed by atoms with van der Waals surface area (Å²) in [6, 6.07) is 43.3. The fraction of sp³-hybridized carbons (Fsp3) is 0. The Morgan fingerprint density at radius 3 is 2.10 bits per heavy atom. The van der Waals surface area contributed by atoms with Gasteiger partial charge in [-0.25, -0.2) is 4.98 Å². The number of imidazole rings is 1. The number of rotatable bonds is 2. The van der Waals surface area contributed by atoms with E-state index in [1.54, 1.807) is 0 Å². The summed E-state index contributed by atoms with van der Waals surface area (Å²) in [6.07, 6.45) is 3.70. The summed E-state index contributed by atoms with van der Waals surface area (Å²) in [6.45, 7) is 0. The first-order chi connectivity index (χ1) is 19.9. The standard InChI is InChI=1S/C36H22N4/c1-4-13-31-26(10-1)27-16-17-29-34(35(27)39(31)25-9-7-8-24(22-25)23-18-20-37-21-19-23)28-11-2-5-14-32(28)40-33-15-6-3-12-30(33)38-36(29)40/h1-22H. The normalized spacial score (nSPS) is 12.0. The Labute approximate surface area is 229 Å². The molecule has 40 heavy (non-hydrogen) atoms.